The van der Waals surface area contributed by atoms with Crippen molar-refractivity contribution in [3.05, 3.63) is 71.9 Å². The number of rotatable bonds is 4. The number of nitrogens with zero attached hydrogens (tertiary/aromatic N) is 2. The number of hydrogen-bond acceptors (Lipinski definition) is 4. The van der Waals surface area contributed by atoms with Crippen LogP contribution in [0, 0.1) is 11.3 Å². The predicted octanol–water partition coefficient (Wildman–Crippen LogP) is 4.23. The fourth-order valence-electron chi connectivity index (χ4n) is 3.61. The number of nitriles is 1. The Morgan fingerprint density at radius 1 is 1.04 bits per heavy atom. The predicted molar refractivity (Wildman–Crippen MR) is 107 cm³/mol. The van der Waals surface area contributed by atoms with Gasteiger partial charge < -0.3 is 10.1 Å². The summed E-state index contributed by atoms with van der Waals surface area (Å²) >= 11 is 0. The van der Waals surface area contributed by atoms with Crippen molar-refractivity contribution in [1.82, 2.24) is 10.3 Å². The molecule has 0 aliphatic heterocycles. The highest BCUT2D eigenvalue weighted by Crippen LogP contribution is 2.23. The number of ether oxygens (including phenoxy) is 1. The summed E-state index contributed by atoms with van der Waals surface area (Å²) in [6.07, 6.45) is 5.09. The molecule has 5 nitrogen and oxygen atoms in total. The summed E-state index contributed by atoms with van der Waals surface area (Å²) in [5.41, 5.74) is 1.21. The highest BCUT2D eigenvalue weighted by atomic mass is 16.5. The fraction of sp³-hybridized carbons (Fsp3) is 0.261. The van der Waals surface area contributed by atoms with Crippen LogP contribution in [-0.2, 0) is 0 Å². The molecular formula is C23H21N3O2. The largest absolute Gasteiger partial charge is 0.474 e. The number of pyridine rings is 1. The van der Waals surface area contributed by atoms with Gasteiger partial charge in [-0.2, -0.15) is 5.26 Å². The summed E-state index contributed by atoms with van der Waals surface area (Å²) in [6, 6.07) is 19.5. The molecule has 1 saturated carbocycles. The first-order valence-electron chi connectivity index (χ1n) is 9.54. The molecule has 3 aromatic rings. The van der Waals surface area contributed by atoms with Crippen molar-refractivity contribution in [3.8, 4) is 11.9 Å². The second-order valence-electron chi connectivity index (χ2n) is 7.12. The molecule has 4 rings (SSSR count). The Kier molecular flexibility index (Phi) is 5.20. The standard InChI is InChI=1S/C23H21N3O2/c24-14-16-5-12-22(25-15-16)28-21-10-8-20(9-11-21)26-23(27)19-7-6-17-3-1-2-4-18(17)13-19/h1-7,12-13,15,20-21H,8-11H2,(H,26,27). The van der Waals surface area contributed by atoms with Crippen molar-refractivity contribution < 1.29 is 9.53 Å². The summed E-state index contributed by atoms with van der Waals surface area (Å²) in [6.45, 7) is 0. The minimum Gasteiger partial charge on any atom is -0.474 e. The minimum absolute atomic E-state index is 0.0242. The molecule has 5 heteroatoms. The Morgan fingerprint density at radius 3 is 2.54 bits per heavy atom. The first-order chi connectivity index (χ1) is 13.7. The van der Waals surface area contributed by atoms with E-state index in [4.69, 9.17) is 10.00 Å². The molecule has 1 aliphatic rings. The van der Waals surface area contributed by atoms with Crippen LogP contribution < -0.4 is 10.1 Å². The molecule has 0 radical (unpaired) electrons. The maximum Gasteiger partial charge on any atom is 0.251 e. The average molecular weight is 371 g/mol. The van der Waals surface area contributed by atoms with E-state index < -0.39 is 0 Å². The maximum atomic E-state index is 12.6. The number of aromatic nitrogens is 1. The second kappa shape index (κ2) is 8.10. The van der Waals surface area contributed by atoms with Crippen molar-refractivity contribution in [3.63, 3.8) is 0 Å². The van der Waals surface area contributed by atoms with E-state index in [0.29, 0.717) is 17.0 Å². The third-order valence-corrected chi connectivity index (χ3v) is 5.17. The fourth-order valence-corrected chi connectivity index (χ4v) is 3.61. The molecule has 1 amide bonds. The van der Waals surface area contributed by atoms with Gasteiger partial charge in [0.25, 0.3) is 5.91 Å². The SMILES string of the molecule is N#Cc1ccc(OC2CCC(NC(=O)c3ccc4ccccc4c3)CC2)nc1. The zero-order chi connectivity index (χ0) is 19.3. The molecule has 0 bridgehead atoms. The highest BCUT2D eigenvalue weighted by Gasteiger charge is 2.24. The van der Waals surface area contributed by atoms with Crippen LogP contribution in [0.4, 0.5) is 0 Å². The quantitative estimate of drug-likeness (QED) is 0.745. The van der Waals surface area contributed by atoms with E-state index in [0.717, 1.165) is 36.5 Å². The summed E-state index contributed by atoms with van der Waals surface area (Å²) < 4.78 is 5.91. The molecule has 0 atom stereocenters. The number of carbonyl (C=O) groups is 1. The number of hydrogen-bond donors (Lipinski definition) is 1. The third-order valence-electron chi connectivity index (χ3n) is 5.17. The molecule has 2 aromatic carbocycles. The Bertz CT molecular complexity index is 1020. The molecule has 1 aromatic heterocycles. The number of carbonyl (C=O) groups excluding carboxylic acids is 1. The van der Waals surface area contributed by atoms with E-state index in [9.17, 15) is 4.79 Å². The van der Waals surface area contributed by atoms with Gasteiger partial charge in [-0.25, -0.2) is 4.98 Å². The average Bonchev–Trinajstić information content (AvgIpc) is 2.75. The van der Waals surface area contributed by atoms with Crippen LogP contribution in [0.15, 0.2) is 60.8 Å². The Balaban J connectivity index is 1.30. The number of amides is 1. The minimum atomic E-state index is -0.0242. The summed E-state index contributed by atoms with van der Waals surface area (Å²) in [5.74, 6) is 0.520. The van der Waals surface area contributed by atoms with Gasteiger partial charge in [-0.15, -0.1) is 0 Å². The topological polar surface area (TPSA) is 75.0 Å². The van der Waals surface area contributed by atoms with E-state index in [1.165, 1.54) is 6.20 Å². The molecule has 28 heavy (non-hydrogen) atoms. The first-order valence-corrected chi connectivity index (χ1v) is 9.54. The summed E-state index contributed by atoms with van der Waals surface area (Å²) in [7, 11) is 0. The maximum absolute atomic E-state index is 12.6. The van der Waals surface area contributed by atoms with Crippen LogP contribution in [0.25, 0.3) is 10.8 Å². The molecule has 1 fully saturated rings. The van der Waals surface area contributed by atoms with E-state index in [1.807, 2.05) is 48.5 Å². The molecular weight excluding hydrogens is 350 g/mol. The van der Waals surface area contributed by atoms with Gasteiger partial charge in [0.1, 0.15) is 12.2 Å². The van der Waals surface area contributed by atoms with Gasteiger partial charge in [0.15, 0.2) is 0 Å². The Hall–Kier alpha value is -3.39. The monoisotopic (exact) mass is 371 g/mol. The molecule has 0 saturated heterocycles. The lowest BCUT2D eigenvalue weighted by molar-refractivity contribution is 0.0890. The molecule has 1 N–H and O–H groups in total. The molecule has 140 valence electrons. The van der Waals surface area contributed by atoms with Gasteiger partial charge in [-0.3, -0.25) is 4.79 Å². The normalized spacial score (nSPS) is 19.0. The number of benzene rings is 2. The van der Waals surface area contributed by atoms with E-state index in [1.54, 1.807) is 12.1 Å². The first kappa shape index (κ1) is 18.0. The molecule has 0 unspecified atom stereocenters. The van der Waals surface area contributed by atoms with E-state index in [2.05, 4.69) is 10.3 Å². The lowest BCUT2D eigenvalue weighted by atomic mass is 9.92. The second-order valence-corrected chi connectivity index (χ2v) is 7.12. The highest BCUT2D eigenvalue weighted by molar-refractivity contribution is 5.98. The molecule has 1 aliphatic carbocycles. The lowest BCUT2D eigenvalue weighted by Gasteiger charge is -2.29. The van der Waals surface area contributed by atoms with Crippen molar-refractivity contribution in [2.45, 2.75) is 37.8 Å². The van der Waals surface area contributed by atoms with Crippen molar-refractivity contribution in [1.29, 1.82) is 5.26 Å². The molecule has 1 heterocycles. The van der Waals surface area contributed by atoms with Crippen molar-refractivity contribution in [2.24, 2.45) is 0 Å². The number of fused-ring (bicyclic) bond motifs is 1. The van der Waals surface area contributed by atoms with Gasteiger partial charge in [-0.1, -0.05) is 30.3 Å². The van der Waals surface area contributed by atoms with Crippen molar-refractivity contribution >= 4 is 16.7 Å². The number of nitrogens with one attached hydrogen (secondary N) is 1. The van der Waals surface area contributed by atoms with Crippen molar-refractivity contribution in [2.75, 3.05) is 0 Å². The van der Waals surface area contributed by atoms with Crippen LogP contribution in [0.1, 0.15) is 41.6 Å². The van der Waals surface area contributed by atoms with Crippen LogP contribution in [0.5, 0.6) is 5.88 Å². The third kappa shape index (κ3) is 4.12. The lowest BCUT2D eigenvalue weighted by Crippen LogP contribution is -2.39. The Morgan fingerprint density at radius 2 is 1.82 bits per heavy atom. The van der Waals surface area contributed by atoms with Gasteiger partial charge in [0.05, 0.1) is 5.56 Å². The van der Waals surface area contributed by atoms with E-state index >= 15 is 0 Å². The van der Waals surface area contributed by atoms with Crippen LogP contribution in [0.2, 0.25) is 0 Å². The van der Waals surface area contributed by atoms with Gasteiger partial charge in [0, 0.05) is 23.9 Å². The van der Waals surface area contributed by atoms with Crippen LogP contribution in [0.3, 0.4) is 0 Å². The van der Waals surface area contributed by atoms with Crippen LogP contribution >= 0.6 is 0 Å². The van der Waals surface area contributed by atoms with Gasteiger partial charge in [0.2, 0.25) is 5.88 Å². The molecule has 0 spiro atoms. The van der Waals surface area contributed by atoms with E-state index in [-0.39, 0.29) is 18.1 Å². The van der Waals surface area contributed by atoms with Gasteiger partial charge >= 0.3 is 0 Å². The van der Waals surface area contributed by atoms with Crippen LogP contribution in [-0.4, -0.2) is 23.0 Å². The summed E-state index contributed by atoms with van der Waals surface area (Å²) in [5, 5.41) is 14.2. The summed E-state index contributed by atoms with van der Waals surface area (Å²) in [4.78, 5) is 16.8. The zero-order valence-electron chi connectivity index (χ0n) is 15.5. The smallest absolute Gasteiger partial charge is 0.251 e. The Labute approximate surface area is 164 Å². The zero-order valence-corrected chi connectivity index (χ0v) is 15.5. The van der Waals surface area contributed by atoms with Gasteiger partial charge in [-0.05, 0) is 54.7 Å².